The van der Waals surface area contributed by atoms with Gasteiger partial charge in [0.25, 0.3) is 0 Å². The average Bonchev–Trinajstić information content (AvgIpc) is 3.36. The lowest BCUT2D eigenvalue weighted by molar-refractivity contribution is -0.120. The first kappa shape index (κ1) is 18.5. The minimum atomic E-state index is -0.542. The van der Waals surface area contributed by atoms with Crippen LogP contribution in [0, 0.1) is 5.82 Å². The van der Waals surface area contributed by atoms with Gasteiger partial charge in [-0.05, 0) is 37.5 Å². The molecular weight excluding hydrogens is 385 g/mol. The van der Waals surface area contributed by atoms with Crippen molar-refractivity contribution in [3.63, 3.8) is 0 Å². The number of halogens is 1. The van der Waals surface area contributed by atoms with E-state index in [2.05, 4.69) is 30.6 Å². The van der Waals surface area contributed by atoms with E-state index in [1.54, 1.807) is 24.5 Å². The first-order valence-corrected chi connectivity index (χ1v) is 9.97. The van der Waals surface area contributed by atoms with Gasteiger partial charge in [0.15, 0.2) is 5.82 Å². The number of hydrogen-bond acceptors (Lipinski definition) is 6. The maximum absolute atomic E-state index is 13.0. The summed E-state index contributed by atoms with van der Waals surface area (Å²) in [5.41, 5.74) is 2.07. The van der Waals surface area contributed by atoms with Crippen LogP contribution in [0.3, 0.4) is 0 Å². The Balaban J connectivity index is 1.27. The molecule has 9 heteroatoms. The number of carbonyl (C=O) groups is 1. The van der Waals surface area contributed by atoms with Crippen LogP contribution in [-0.4, -0.2) is 37.7 Å². The van der Waals surface area contributed by atoms with E-state index in [0.29, 0.717) is 24.7 Å². The Morgan fingerprint density at radius 2 is 2.07 bits per heavy atom. The van der Waals surface area contributed by atoms with Gasteiger partial charge in [0, 0.05) is 24.8 Å². The van der Waals surface area contributed by atoms with Crippen LogP contribution in [0.15, 0.2) is 42.9 Å². The third-order valence-electron chi connectivity index (χ3n) is 5.80. The van der Waals surface area contributed by atoms with Gasteiger partial charge in [-0.1, -0.05) is 12.1 Å². The first-order chi connectivity index (χ1) is 14.5. The van der Waals surface area contributed by atoms with E-state index in [1.165, 1.54) is 12.1 Å². The van der Waals surface area contributed by atoms with Gasteiger partial charge in [0.05, 0.1) is 18.9 Å². The lowest BCUT2D eigenvalue weighted by Crippen LogP contribution is -2.54. The number of anilines is 3. The monoisotopic (exact) mass is 407 g/mol. The lowest BCUT2D eigenvalue weighted by Gasteiger charge is -2.39. The summed E-state index contributed by atoms with van der Waals surface area (Å²) in [5, 5.41) is 10.5. The average molecular weight is 407 g/mol. The maximum Gasteiger partial charge on any atom is 0.250 e. The fraction of sp³-hybridized carbons (Fsp3) is 0.333. The second-order valence-electron chi connectivity index (χ2n) is 7.94. The number of nitrogens with zero attached hydrogens (tertiary/aromatic N) is 5. The Morgan fingerprint density at radius 1 is 1.23 bits per heavy atom. The van der Waals surface area contributed by atoms with Crippen LogP contribution in [0.2, 0.25) is 0 Å². The van der Waals surface area contributed by atoms with E-state index in [9.17, 15) is 9.18 Å². The Morgan fingerprint density at radius 3 is 2.90 bits per heavy atom. The molecule has 8 nitrogen and oxygen atoms in total. The summed E-state index contributed by atoms with van der Waals surface area (Å²) in [7, 11) is 0. The predicted molar refractivity (Wildman–Crippen MR) is 111 cm³/mol. The number of amides is 1. The summed E-state index contributed by atoms with van der Waals surface area (Å²) in [6, 6.07) is 6.40. The third-order valence-corrected chi connectivity index (χ3v) is 5.80. The highest BCUT2D eigenvalue weighted by Gasteiger charge is 2.48. The van der Waals surface area contributed by atoms with Gasteiger partial charge in [-0.25, -0.2) is 9.37 Å². The molecular formula is C21H22FN7O. The molecule has 0 bridgehead atoms. The van der Waals surface area contributed by atoms with Crippen molar-refractivity contribution in [3.05, 3.63) is 59.8 Å². The SMILES string of the molecule is C[C@]12CCCN1c1nc(NCc3cnn(Cc4ccc(F)cc4)c3)ncc1NC2=O. The number of rotatable bonds is 5. The molecule has 154 valence electrons. The number of fused-ring (bicyclic) bond motifs is 3. The molecule has 4 heterocycles. The van der Waals surface area contributed by atoms with E-state index in [0.717, 1.165) is 36.3 Å². The lowest BCUT2D eigenvalue weighted by atomic mass is 9.96. The second-order valence-corrected chi connectivity index (χ2v) is 7.94. The van der Waals surface area contributed by atoms with Gasteiger partial charge in [0.1, 0.15) is 17.0 Å². The molecule has 5 rings (SSSR count). The topological polar surface area (TPSA) is 88.0 Å². The third kappa shape index (κ3) is 3.26. The molecule has 1 amide bonds. The van der Waals surface area contributed by atoms with Crippen LogP contribution >= 0.6 is 0 Å². The van der Waals surface area contributed by atoms with Crippen molar-refractivity contribution in [3.8, 4) is 0 Å². The molecule has 0 aliphatic carbocycles. The molecule has 1 aromatic carbocycles. The molecule has 3 aromatic rings. The first-order valence-electron chi connectivity index (χ1n) is 9.97. The number of carbonyl (C=O) groups excluding carboxylic acids is 1. The van der Waals surface area contributed by atoms with E-state index < -0.39 is 5.54 Å². The summed E-state index contributed by atoms with van der Waals surface area (Å²) in [4.78, 5) is 23.5. The molecule has 2 aromatic heterocycles. The van der Waals surface area contributed by atoms with Gasteiger partial charge in [0.2, 0.25) is 11.9 Å². The summed E-state index contributed by atoms with van der Waals surface area (Å²) < 4.78 is 14.9. The van der Waals surface area contributed by atoms with Crippen molar-refractivity contribution in [1.29, 1.82) is 0 Å². The van der Waals surface area contributed by atoms with Crippen LogP contribution in [0.1, 0.15) is 30.9 Å². The summed E-state index contributed by atoms with van der Waals surface area (Å²) in [6.07, 6.45) is 7.15. The Bertz CT molecular complexity index is 1100. The smallest absolute Gasteiger partial charge is 0.250 e. The second kappa shape index (κ2) is 7.08. The van der Waals surface area contributed by atoms with Crippen molar-refractivity contribution in [2.24, 2.45) is 0 Å². The van der Waals surface area contributed by atoms with Gasteiger partial charge in [-0.2, -0.15) is 10.1 Å². The van der Waals surface area contributed by atoms with E-state index >= 15 is 0 Å². The van der Waals surface area contributed by atoms with Crippen LogP contribution in [0.25, 0.3) is 0 Å². The number of nitrogens with one attached hydrogen (secondary N) is 2. The van der Waals surface area contributed by atoms with Crippen molar-refractivity contribution >= 4 is 23.4 Å². The van der Waals surface area contributed by atoms with Crippen molar-refractivity contribution < 1.29 is 9.18 Å². The van der Waals surface area contributed by atoms with Gasteiger partial charge < -0.3 is 15.5 Å². The molecule has 1 fully saturated rings. The van der Waals surface area contributed by atoms with Gasteiger partial charge in [-0.3, -0.25) is 9.48 Å². The Kier molecular flexibility index (Phi) is 4.38. The standard InChI is InChI=1S/C21H22FN7O/c1-21-7-2-8-29(21)18-17(26-19(21)30)11-24-20(27-18)23-9-15-10-25-28(13-15)12-14-3-5-16(22)6-4-14/h3-6,10-11,13H,2,7-9,12H2,1H3,(H,26,30)(H,23,24,27)/t21-/m1/s1. The van der Waals surface area contributed by atoms with Crippen LogP contribution in [0.4, 0.5) is 21.8 Å². The Labute approximate surface area is 173 Å². The molecule has 1 atom stereocenters. The maximum atomic E-state index is 13.0. The van der Waals surface area contributed by atoms with E-state index in [-0.39, 0.29) is 11.7 Å². The van der Waals surface area contributed by atoms with Crippen LogP contribution < -0.4 is 15.5 Å². The molecule has 0 saturated carbocycles. The summed E-state index contributed by atoms with van der Waals surface area (Å²) in [5.74, 6) is 1.03. The molecule has 2 aliphatic heterocycles. The quantitative estimate of drug-likeness (QED) is 0.676. The molecule has 30 heavy (non-hydrogen) atoms. The molecule has 2 aliphatic rings. The zero-order chi connectivity index (χ0) is 20.7. The highest BCUT2D eigenvalue weighted by molar-refractivity contribution is 6.06. The number of hydrogen-bond donors (Lipinski definition) is 2. The highest BCUT2D eigenvalue weighted by atomic mass is 19.1. The highest BCUT2D eigenvalue weighted by Crippen LogP contribution is 2.41. The molecule has 2 N–H and O–H groups in total. The molecule has 0 spiro atoms. The van der Waals surface area contributed by atoms with Crippen molar-refractivity contribution in [2.45, 2.75) is 38.4 Å². The normalized spacial score (nSPS) is 19.9. The fourth-order valence-corrected chi connectivity index (χ4v) is 4.09. The molecule has 1 saturated heterocycles. The zero-order valence-corrected chi connectivity index (χ0v) is 16.6. The predicted octanol–water partition coefficient (Wildman–Crippen LogP) is 2.78. The summed E-state index contributed by atoms with van der Waals surface area (Å²) in [6.45, 7) is 3.86. The summed E-state index contributed by atoms with van der Waals surface area (Å²) >= 11 is 0. The van der Waals surface area contributed by atoms with Gasteiger partial charge in [-0.15, -0.1) is 0 Å². The largest absolute Gasteiger partial charge is 0.350 e. The molecule has 0 radical (unpaired) electrons. The number of aromatic nitrogens is 4. The van der Waals surface area contributed by atoms with Gasteiger partial charge >= 0.3 is 0 Å². The fourth-order valence-electron chi connectivity index (χ4n) is 4.09. The minimum Gasteiger partial charge on any atom is -0.350 e. The van der Waals surface area contributed by atoms with Crippen LogP contribution in [-0.2, 0) is 17.9 Å². The van der Waals surface area contributed by atoms with Crippen molar-refractivity contribution in [2.75, 3.05) is 22.1 Å². The number of benzene rings is 1. The minimum absolute atomic E-state index is 0.00498. The van der Waals surface area contributed by atoms with E-state index in [1.807, 2.05) is 17.8 Å². The molecule has 0 unspecified atom stereocenters. The Hall–Kier alpha value is -3.49. The van der Waals surface area contributed by atoms with Crippen LogP contribution in [0.5, 0.6) is 0 Å². The van der Waals surface area contributed by atoms with E-state index in [4.69, 9.17) is 0 Å². The van der Waals surface area contributed by atoms with Crippen molar-refractivity contribution in [1.82, 2.24) is 19.7 Å². The zero-order valence-electron chi connectivity index (χ0n) is 16.6.